The van der Waals surface area contributed by atoms with Gasteiger partial charge in [0.2, 0.25) is 5.95 Å². The van der Waals surface area contributed by atoms with Gasteiger partial charge in [-0.1, -0.05) is 37.6 Å². The van der Waals surface area contributed by atoms with Crippen LogP contribution in [0.5, 0.6) is 0 Å². The fourth-order valence-electron chi connectivity index (χ4n) is 1.43. The van der Waals surface area contributed by atoms with Crippen LogP contribution in [0.3, 0.4) is 0 Å². The maximum Gasteiger partial charge on any atom is 0.223 e. The fraction of sp³-hybridized carbons (Fsp3) is 0.250. The predicted molar refractivity (Wildman–Crippen MR) is 68.8 cm³/mol. The van der Waals surface area contributed by atoms with Crippen LogP contribution in [0.4, 0.5) is 5.95 Å². The number of nitrogens with two attached hydrogens (primary N) is 1. The van der Waals surface area contributed by atoms with Crippen molar-refractivity contribution in [2.45, 2.75) is 19.8 Å². The number of hydrogen-bond donors (Lipinski definition) is 1. The summed E-state index contributed by atoms with van der Waals surface area (Å²) in [4.78, 5) is 12.6. The summed E-state index contributed by atoms with van der Waals surface area (Å²) >= 11 is 6.10. The first kappa shape index (κ1) is 11.8. The van der Waals surface area contributed by atoms with Crippen molar-refractivity contribution in [2.24, 2.45) is 0 Å². The van der Waals surface area contributed by atoms with E-state index in [1.54, 1.807) is 6.07 Å². The van der Waals surface area contributed by atoms with Crippen LogP contribution in [0.1, 0.15) is 25.6 Å². The van der Waals surface area contributed by atoms with Crippen LogP contribution >= 0.6 is 11.6 Å². The highest BCUT2D eigenvalue weighted by Gasteiger charge is 2.11. The second-order valence-corrected chi connectivity index (χ2v) is 4.42. The third-order valence-corrected chi connectivity index (χ3v) is 2.63. The molecule has 1 heterocycles. The molecule has 4 nitrogen and oxygen atoms in total. The number of anilines is 1. The average Bonchev–Trinajstić information content (AvgIpc) is 2.28. The van der Waals surface area contributed by atoms with Gasteiger partial charge >= 0.3 is 0 Å². The summed E-state index contributed by atoms with van der Waals surface area (Å²) in [5.74, 6) is 1.61. The Morgan fingerprint density at radius 1 is 1.12 bits per heavy atom. The third-order valence-electron chi connectivity index (χ3n) is 2.30. The molecule has 5 heteroatoms. The van der Waals surface area contributed by atoms with E-state index in [-0.39, 0.29) is 11.9 Å². The van der Waals surface area contributed by atoms with E-state index in [0.717, 1.165) is 5.56 Å². The quantitative estimate of drug-likeness (QED) is 0.888. The minimum Gasteiger partial charge on any atom is -0.368 e. The van der Waals surface area contributed by atoms with E-state index in [9.17, 15) is 0 Å². The van der Waals surface area contributed by atoms with Crippen LogP contribution in [-0.4, -0.2) is 15.0 Å². The molecule has 2 aromatic rings. The van der Waals surface area contributed by atoms with Crippen LogP contribution in [0.25, 0.3) is 11.4 Å². The molecule has 2 N–H and O–H groups in total. The lowest BCUT2D eigenvalue weighted by Gasteiger charge is -2.08. The first-order valence-electron chi connectivity index (χ1n) is 5.34. The lowest BCUT2D eigenvalue weighted by Crippen LogP contribution is -2.06. The highest BCUT2D eigenvalue weighted by atomic mass is 35.5. The molecule has 0 bridgehead atoms. The van der Waals surface area contributed by atoms with E-state index in [0.29, 0.717) is 16.7 Å². The van der Waals surface area contributed by atoms with Crippen molar-refractivity contribution in [2.75, 3.05) is 5.73 Å². The number of benzene rings is 1. The number of aromatic nitrogens is 3. The van der Waals surface area contributed by atoms with Crippen LogP contribution in [0.15, 0.2) is 24.3 Å². The number of nitrogen functional groups attached to an aromatic ring is 1. The standard InChI is InChI=1S/C12H13ClN4/c1-7(2)10-15-11(17-12(14)16-10)8-5-3-4-6-9(8)13/h3-7H,1-2H3,(H2,14,15,16,17). The van der Waals surface area contributed by atoms with Gasteiger partial charge in [0.25, 0.3) is 0 Å². The summed E-state index contributed by atoms with van der Waals surface area (Å²) < 4.78 is 0. The summed E-state index contributed by atoms with van der Waals surface area (Å²) in [5, 5.41) is 0.604. The van der Waals surface area contributed by atoms with Crippen LogP contribution in [0, 0.1) is 0 Å². The Morgan fingerprint density at radius 2 is 1.82 bits per heavy atom. The molecule has 17 heavy (non-hydrogen) atoms. The van der Waals surface area contributed by atoms with E-state index in [2.05, 4.69) is 15.0 Å². The van der Waals surface area contributed by atoms with Crippen molar-refractivity contribution in [3.8, 4) is 11.4 Å². The molecule has 0 atom stereocenters. The number of nitrogens with zero attached hydrogens (tertiary/aromatic N) is 3. The molecule has 88 valence electrons. The Bertz CT molecular complexity index is 540. The van der Waals surface area contributed by atoms with Gasteiger partial charge in [-0.3, -0.25) is 0 Å². The molecule has 0 saturated heterocycles. The van der Waals surface area contributed by atoms with Crippen molar-refractivity contribution in [3.63, 3.8) is 0 Å². The Hall–Kier alpha value is -1.68. The summed E-state index contributed by atoms with van der Waals surface area (Å²) in [7, 11) is 0. The lowest BCUT2D eigenvalue weighted by atomic mass is 10.2. The fourth-order valence-corrected chi connectivity index (χ4v) is 1.65. The van der Waals surface area contributed by atoms with Crippen molar-refractivity contribution in [1.29, 1.82) is 0 Å². The van der Waals surface area contributed by atoms with Crippen molar-refractivity contribution in [1.82, 2.24) is 15.0 Å². The molecule has 1 aromatic heterocycles. The van der Waals surface area contributed by atoms with Gasteiger partial charge < -0.3 is 5.73 Å². The molecule has 0 amide bonds. The minimum absolute atomic E-state index is 0.196. The summed E-state index contributed by atoms with van der Waals surface area (Å²) in [5.41, 5.74) is 6.45. The second-order valence-electron chi connectivity index (χ2n) is 4.01. The molecule has 2 rings (SSSR count). The van der Waals surface area contributed by atoms with Gasteiger partial charge in [0.1, 0.15) is 5.82 Å². The van der Waals surface area contributed by atoms with E-state index in [4.69, 9.17) is 17.3 Å². The summed E-state index contributed by atoms with van der Waals surface area (Å²) in [6.07, 6.45) is 0. The van der Waals surface area contributed by atoms with Gasteiger partial charge in [-0.25, -0.2) is 4.98 Å². The van der Waals surface area contributed by atoms with Crippen LogP contribution < -0.4 is 5.73 Å². The van der Waals surface area contributed by atoms with Crippen LogP contribution in [0.2, 0.25) is 5.02 Å². The molecule has 0 aliphatic heterocycles. The molecule has 0 radical (unpaired) electrons. The Morgan fingerprint density at radius 3 is 2.47 bits per heavy atom. The molecular weight excluding hydrogens is 236 g/mol. The first-order valence-corrected chi connectivity index (χ1v) is 5.72. The van der Waals surface area contributed by atoms with Gasteiger partial charge in [-0.15, -0.1) is 0 Å². The average molecular weight is 249 g/mol. The third kappa shape index (κ3) is 2.53. The normalized spacial score (nSPS) is 10.8. The van der Waals surface area contributed by atoms with E-state index >= 15 is 0 Å². The minimum atomic E-state index is 0.196. The zero-order chi connectivity index (χ0) is 12.4. The second kappa shape index (κ2) is 4.67. The maximum absolute atomic E-state index is 6.10. The van der Waals surface area contributed by atoms with Gasteiger partial charge in [0.05, 0.1) is 5.02 Å². The molecule has 0 aliphatic carbocycles. The van der Waals surface area contributed by atoms with Gasteiger partial charge in [0.15, 0.2) is 5.82 Å². The van der Waals surface area contributed by atoms with Gasteiger partial charge in [-0.2, -0.15) is 9.97 Å². The lowest BCUT2D eigenvalue weighted by molar-refractivity contribution is 0.767. The van der Waals surface area contributed by atoms with E-state index in [1.807, 2.05) is 32.0 Å². The monoisotopic (exact) mass is 248 g/mol. The van der Waals surface area contributed by atoms with Crippen molar-refractivity contribution >= 4 is 17.5 Å². The van der Waals surface area contributed by atoms with Crippen LogP contribution in [-0.2, 0) is 0 Å². The van der Waals surface area contributed by atoms with E-state index in [1.165, 1.54) is 0 Å². The number of rotatable bonds is 2. The Kier molecular flexibility index (Phi) is 3.24. The highest BCUT2D eigenvalue weighted by molar-refractivity contribution is 6.33. The van der Waals surface area contributed by atoms with Gasteiger partial charge in [-0.05, 0) is 12.1 Å². The van der Waals surface area contributed by atoms with E-state index < -0.39 is 0 Å². The van der Waals surface area contributed by atoms with Crippen molar-refractivity contribution in [3.05, 3.63) is 35.1 Å². The number of hydrogen-bond acceptors (Lipinski definition) is 4. The topological polar surface area (TPSA) is 64.7 Å². The molecule has 0 spiro atoms. The predicted octanol–water partition coefficient (Wildman–Crippen LogP) is 2.90. The first-order chi connectivity index (χ1) is 8.08. The summed E-state index contributed by atoms with van der Waals surface area (Å²) in [6.45, 7) is 4.01. The zero-order valence-electron chi connectivity index (χ0n) is 9.68. The van der Waals surface area contributed by atoms with Crippen molar-refractivity contribution < 1.29 is 0 Å². The largest absolute Gasteiger partial charge is 0.368 e. The Balaban J connectivity index is 2.56. The molecular formula is C12H13ClN4. The molecule has 0 fully saturated rings. The number of halogens is 1. The van der Waals surface area contributed by atoms with Gasteiger partial charge in [0, 0.05) is 11.5 Å². The smallest absolute Gasteiger partial charge is 0.223 e. The molecule has 0 aliphatic rings. The Labute approximate surface area is 105 Å². The maximum atomic E-state index is 6.10. The SMILES string of the molecule is CC(C)c1nc(N)nc(-c2ccccc2Cl)n1. The molecule has 0 saturated carbocycles. The zero-order valence-corrected chi connectivity index (χ0v) is 10.4. The molecule has 1 aromatic carbocycles. The summed E-state index contributed by atoms with van der Waals surface area (Å²) in [6, 6.07) is 7.41. The molecule has 0 unspecified atom stereocenters. The highest BCUT2D eigenvalue weighted by Crippen LogP contribution is 2.25.